The van der Waals surface area contributed by atoms with E-state index in [1.54, 1.807) is 0 Å². The van der Waals surface area contributed by atoms with Gasteiger partial charge < -0.3 is 15.2 Å². The van der Waals surface area contributed by atoms with Crippen LogP contribution in [0.15, 0.2) is 0 Å². The molecule has 20 heavy (non-hydrogen) atoms. The number of halogens is 3. The summed E-state index contributed by atoms with van der Waals surface area (Å²) in [7, 11) is 0. The molecule has 1 aliphatic rings. The molecule has 0 radical (unpaired) electrons. The van der Waals surface area contributed by atoms with Gasteiger partial charge in [-0.15, -0.1) is 0 Å². The average molecular weight is 297 g/mol. The maximum Gasteiger partial charge on any atom is 0.411 e. The lowest BCUT2D eigenvalue weighted by molar-refractivity contribution is -0.173. The lowest BCUT2D eigenvalue weighted by atomic mass is 9.71. The molecular formula is C14H26F3NO2. The van der Waals surface area contributed by atoms with Crippen molar-refractivity contribution in [1.82, 2.24) is 5.32 Å². The first-order chi connectivity index (χ1) is 9.12. The summed E-state index contributed by atoms with van der Waals surface area (Å²) < 4.78 is 40.0. The Kier molecular flexibility index (Phi) is 6.28. The Morgan fingerprint density at radius 3 is 2.30 bits per heavy atom. The molecule has 0 atom stereocenters. The zero-order valence-electron chi connectivity index (χ0n) is 12.4. The van der Waals surface area contributed by atoms with Gasteiger partial charge in [0.25, 0.3) is 0 Å². The van der Waals surface area contributed by atoms with E-state index in [1.807, 2.05) is 0 Å². The fourth-order valence-corrected chi connectivity index (χ4v) is 2.38. The fraction of sp³-hybridized carbons (Fsp3) is 1.00. The van der Waals surface area contributed by atoms with Crippen molar-refractivity contribution in [3.63, 3.8) is 0 Å². The Morgan fingerprint density at radius 1 is 1.15 bits per heavy atom. The standard InChI is InChI=1S/C14H26F3NO2/c1-12(2)4-6-13(19,7-5-12)10-18-8-3-9-20-11-14(15,16)17/h18-19H,3-11H2,1-2H3. The van der Waals surface area contributed by atoms with Crippen molar-refractivity contribution < 1.29 is 23.0 Å². The first-order valence-electron chi connectivity index (χ1n) is 7.20. The first-order valence-corrected chi connectivity index (χ1v) is 7.20. The molecule has 0 aliphatic heterocycles. The second-order valence-electron chi connectivity index (χ2n) is 6.59. The minimum absolute atomic E-state index is 0.0813. The highest BCUT2D eigenvalue weighted by Crippen LogP contribution is 2.39. The van der Waals surface area contributed by atoms with Crippen molar-refractivity contribution in [2.75, 3.05) is 26.3 Å². The van der Waals surface area contributed by atoms with E-state index in [0.29, 0.717) is 24.9 Å². The Balaban J connectivity index is 2.04. The molecule has 0 unspecified atom stereocenters. The van der Waals surface area contributed by atoms with Gasteiger partial charge in [0.15, 0.2) is 0 Å². The van der Waals surface area contributed by atoms with Crippen LogP contribution in [0.2, 0.25) is 0 Å². The average Bonchev–Trinajstić information content (AvgIpc) is 2.31. The monoisotopic (exact) mass is 297 g/mol. The molecule has 0 aromatic rings. The molecule has 1 fully saturated rings. The van der Waals surface area contributed by atoms with Crippen LogP contribution in [-0.4, -0.2) is 43.2 Å². The van der Waals surface area contributed by atoms with Crippen LogP contribution < -0.4 is 5.32 Å². The van der Waals surface area contributed by atoms with E-state index in [2.05, 4.69) is 23.9 Å². The first kappa shape index (κ1) is 17.7. The Morgan fingerprint density at radius 2 is 1.75 bits per heavy atom. The second-order valence-corrected chi connectivity index (χ2v) is 6.59. The summed E-state index contributed by atoms with van der Waals surface area (Å²) >= 11 is 0. The van der Waals surface area contributed by atoms with Gasteiger partial charge in [-0.3, -0.25) is 0 Å². The fourth-order valence-electron chi connectivity index (χ4n) is 2.38. The van der Waals surface area contributed by atoms with Gasteiger partial charge in [0.05, 0.1) is 5.60 Å². The van der Waals surface area contributed by atoms with Crippen molar-refractivity contribution in [2.24, 2.45) is 5.41 Å². The highest BCUT2D eigenvalue weighted by atomic mass is 19.4. The van der Waals surface area contributed by atoms with Gasteiger partial charge in [-0.05, 0) is 44.1 Å². The molecule has 1 saturated carbocycles. The van der Waals surface area contributed by atoms with Crippen LogP contribution in [0.25, 0.3) is 0 Å². The predicted octanol–water partition coefficient (Wildman–Crippen LogP) is 2.88. The van der Waals surface area contributed by atoms with E-state index in [1.165, 1.54) is 0 Å². The second kappa shape index (κ2) is 7.09. The number of alkyl halides is 3. The minimum Gasteiger partial charge on any atom is -0.389 e. The van der Waals surface area contributed by atoms with E-state index in [9.17, 15) is 18.3 Å². The summed E-state index contributed by atoms with van der Waals surface area (Å²) in [5.74, 6) is 0. The van der Waals surface area contributed by atoms with Gasteiger partial charge >= 0.3 is 6.18 Å². The summed E-state index contributed by atoms with van der Waals surface area (Å²) in [6.45, 7) is 4.37. The highest BCUT2D eigenvalue weighted by molar-refractivity contribution is 4.90. The SMILES string of the molecule is CC1(C)CCC(O)(CNCCCOCC(F)(F)F)CC1. The maximum atomic E-state index is 11.8. The summed E-state index contributed by atoms with van der Waals surface area (Å²) in [5.41, 5.74) is -0.361. The lowest BCUT2D eigenvalue weighted by Crippen LogP contribution is -2.45. The van der Waals surface area contributed by atoms with Crippen LogP contribution in [0.5, 0.6) is 0 Å². The third-order valence-electron chi connectivity index (χ3n) is 3.90. The number of nitrogens with one attached hydrogen (secondary N) is 1. The molecule has 2 N–H and O–H groups in total. The van der Waals surface area contributed by atoms with E-state index in [-0.39, 0.29) is 6.61 Å². The maximum absolute atomic E-state index is 11.8. The zero-order valence-corrected chi connectivity index (χ0v) is 12.4. The van der Waals surface area contributed by atoms with Gasteiger partial charge in [0, 0.05) is 13.2 Å². The van der Waals surface area contributed by atoms with Crippen LogP contribution in [0.3, 0.4) is 0 Å². The number of rotatable bonds is 7. The van der Waals surface area contributed by atoms with Crippen molar-refractivity contribution >= 4 is 0 Å². The molecule has 3 nitrogen and oxygen atoms in total. The summed E-state index contributed by atoms with van der Waals surface area (Å²) in [4.78, 5) is 0. The van der Waals surface area contributed by atoms with Crippen molar-refractivity contribution in [3.8, 4) is 0 Å². The summed E-state index contributed by atoms with van der Waals surface area (Å²) in [6.07, 6.45) is -0.190. The molecule has 0 saturated heterocycles. The topological polar surface area (TPSA) is 41.5 Å². The molecule has 0 spiro atoms. The van der Waals surface area contributed by atoms with E-state index < -0.39 is 18.4 Å². The lowest BCUT2D eigenvalue weighted by Gasteiger charge is -2.40. The zero-order chi connectivity index (χ0) is 15.3. The van der Waals surface area contributed by atoms with Crippen LogP contribution in [0.4, 0.5) is 13.2 Å². The number of hydrogen-bond donors (Lipinski definition) is 2. The van der Waals surface area contributed by atoms with Gasteiger partial charge in [0.2, 0.25) is 0 Å². The largest absolute Gasteiger partial charge is 0.411 e. The van der Waals surface area contributed by atoms with Gasteiger partial charge in [0.1, 0.15) is 6.61 Å². The molecule has 0 aromatic carbocycles. The molecule has 0 bridgehead atoms. The third kappa shape index (κ3) is 7.45. The Hall–Kier alpha value is -0.330. The quantitative estimate of drug-likeness (QED) is 0.710. The normalized spacial score (nSPS) is 21.9. The molecule has 0 heterocycles. The van der Waals surface area contributed by atoms with Crippen LogP contribution in [0.1, 0.15) is 46.0 Å². The van der Waals surface area contributed by atoms with Crippen LogP contribution in [0, 0.1) is 5.41 Å². The van der Waals surface area contributed by atoms with Gasteiger partial charge in [-0.2, -0.15) is 13.2 Å². The minimum atomic E-state index is -4.25. The van der Waals surface area contributed by atoms with Crippen LogP contribution >= 0.6 is 0 Å². The molecule has 0 aromatic heterocycles. The molecule has 0 amide bonds. The molecule has 1 rings (SSSR count). The third-order valence-corrected chi connectivity index (χ3v) is 3.90. The summed E-state index contributed by atoms with van der Waals surface area (Å²) in [5, 5.41) is 13.5. The van der Waals surface area contributed by atoms with Crippen molar-refractivity contribution in [1.29, 1.82) is 0 Å². The molecular weight excluding hydrogens is 271 g/mol. The number of hydrogen-bond acceptors (Lipinski definition) is 3. The van der Waals surface area contributed by atoms with Crippen molar-refractivity contribution in [3.05, 3.63) is 0 Å². The number of aliphatic hydroxyl groups is 1. The van der Waals surface area contributed by atoms with Crippen molar-refractivity contribution in [2.45, 2.75) is 57.7 Å². The predicted molar refractivity (Wildman–Crippen MR) is 71.6 cm³/mol. The Bertz CT molecular complexity index is 283. The highest BCUT2D eigenvalue weighted by Gasteiger charge is 2.36. The number of ether oxygens (including phenoxy) is 1. The smallest absolute Gasteiger partial charge is 0.389 e. The van der Waals surface area contributed by atoms with Gasteiger partial charge in [-0.25, -0.2) is 0 Å². The Labute approximate surface area is 118 Å². The van der Waals surface area contributed by atoms with E-state index >= 15 is 0 Å². The molecule has 120 valence electrons. The van der Waals surface area contributed by atoms with E-state index in [0.717, 1.165) is 25.7 Å². The molecule has 6 heteroatoms. The summed E-state index contributed by atoms with van der Waals surface area (Å²) in [6, 6.07) is 0. The van der Waals surface area contributed by atoms with Crippen LogP contribution in [-0.2, 0) is 4.74 Å². The van der Waals surface area contributed by atoms with Gasteiger partial charge in [-0.1, -0.05) is 13.8 Å². The molecule has 1 aliphatic carbocycles. The van der Waals surface area contributed by atoms with E-state index in [4.69, 9.17) is 0 Å².